The Labute approximate surface area is 102 Å². The van der Waals surface area contributed by atoms with Crippen LogP contribution in [0.2, 0.25) is 0 Å². The summed E-state index contributed by atoms with van der Waals surface area (Å²) in [5, 5.41) is 19.3. The molecule has 0 aliphatic rings. The maximum atomic E-state index is 11.0. The zero-order chi connectivity index (χ0) is 13.5. The zero-order valence-corrected chi connectivity index (χ0v) is 9.49. The Bertz CT molecular complexity index is 546. The van der Waals surface area contributed by atoms with E-state index >= 15 is 0 Å². The molecule has 0 saturated carbocycles. The molecule has 1 rings (SSSR count). The molecule has 0 spiro atoms. The van der Waals surface area contributed by atoms with Crippen molar-refractivity contribution in [2.45, 2.75) is 6.92 Å². The normalized spacial score (nSPS) is 10.0. The van der Waals surface area contributed by atoms with E-state index in [0.29, 0.717) is 5.56 Å². The van der Waals surface area contributed by atoms with E-state index in [-0.39, 0.29) is 12.3 Å². The molecule has 1 aromatic heterocycles. The molecule has 0 aliphatic heterocycles. The van der Waals surface area contributed by atoms with Gasteiger partial charge in [0.2, 0.25) is 5.69 Å². The lowest BCUT2D eigenvalue weighted by Crippen LogP contribution is -1.99. The Balaban J connectivity index is 2.99. The molecule has 1 aromatic rings. The number of ether oxygens (including phenoxy) is 1. The second-order valence-electron chi connectivity index (χ2n) is 3.09. The monoisotopic (exact) mass is 247 g/mol. The summed E-state index contributed by atoms with van der Waals surface area (Å²) in [6.07, 6.45) is 3.73. The van der Waals surface area contributed by atoms with Crippen molar-refractivity contribution in [1.29, 1.82) is 5.26 Å². The van der Waals surface area contributed by atoms with Gasteiger partial charge in [-0.1, -0.05) is 0 Å². The highest BCUT2D eigenvalue weighted by molar-refractivity contribution is 5.87. The highest BCUT2D eigenvalue weighted by Gasteiger charge is 2.15. The van der Waals surface area contributed by atoms with Crippen LogP contribution in [-0.2, 0) is 9.53 Å². The molecule has 0 saturated heterocycles. The van der Waals surface area contributed by atoms with E-state index in [0.717, 1.165) is 6.08 Å². The number of nitro groups is 1. The quantitative estimate of drug-likeness (QED) is 0.345. The van der Waals surface area contributed by atoms with Crippen molar-refractivity contribution in [3.63, 3.8) is 0 Å². The van der Waals surface area contributed by atoms with Crippen LogP contribution in [0.4, 0.5) is 5.69 Å². The molecule has 92 valence electrons. The average molecular weight is 247 g/mol. The van der Waals surface area contributed by atoms with Crippen molar-refractivity contribution in [2.75, 3.05) is 6.61 Å². The van der Waals surface area contributed by atoms with Crippen LogP contribution in [0.5, 0.6) is 0 Å². The Kier molecular flexibility index (Phi) is 4.51. The van der Waals surface area contributed by atoms with Gasteiger partial charge in [0.15, 0.2) is 0 Å². The fraction of sp³-hybridized carbons (Fsp3) is 0.182. The molecule has 0 radical (unpaired) electrons. The van der Waals surface area contributed by atoms with Gasteiger partial charge < -0.3 is 4.74 Å². The van der Waals surface area contributed by atoms with Crippen LogP contribution in [0, 0.1) is 21.4 Å². The first-order chi connectivity index (χ1) is 8.58. The summed E-state index contributed by atoms with van der Waals surface area (Å²) in [6, 6.07) is 2.79. The Morgan fingerprint density at radius 3 is 3.00 bits per heavy atom. The molecule has 0 unspecified atom stereocenters. The summed E-state index contributed by atoms with van der Waals surface area (Å²) >= 11 is 0. The molecule has 0 fully saturated rings. The molecule has 7 heteroatoms. The number of esters is 1. The second kappa shape index (κ2) is 6.10. The van der Waals surface area contributed by atoms with Crippen molar-refractivity contribution < 1.29 is 14.5 Å². The fourth-order valence-corrected chi connectivity index (χ4v) is 1.14. The van der Waals surface area contributed by atoms with Crippen LogP contribution in [0.3, 0.4) is 0 Å². The highest BCUT2D eigenvalue weighted by atomic mass is 16.6. The lowest BCUT2D eigenvalue weighted by molar-refractivity contribution is -0.385. The van der Waals surface area contributed by atoms with Gasteiger partial charge in [-0.25, -0.2) is 9.78 Å². The van der Waals surface area contributed by atoms with Crippen LogP contribution in [0.15, 0.2) is 18.3 Å². The summed E-state index contributed by atoms with van der Waals surface area (Å²) in [6.45, 7) is 1.91. The molecule has 0 bridgehead atoms. The van der Waals surface area contributed by atoms with Gasteiger partial charge in [-0.3, -0.25) is 10.1 Å². The predicted octanol–water partition coefficient (Wildman–Crippen LogP) is 1.44. The topological polar surface area (TPSA) is 106 Å². The highest BCUT2D eigenvalue weighted by Crippen LogP contribution is 2.17. The van der Waals surface area contributed by atoms with Gasteiger partial charge in [0, 0.05) is 18.3 Å². The van der Waals surface area contributed by atoms with Gasteiger partial charge >= 0.3 is 11.7 Å². The largest absolute Gasteiger partial charge is 0.463 e. The van der Waals surface area contributed by atoms with Crippen molar-refractivity contribution in [3.05, 3.63) is 39.7 Å². The van der Waals surface area contributed by atoms with Crippen molar-refractivity contribution in [1.82, 2.24) is 4.98 Å². The standard InChI is InChI=1S/C11H9N3O4/c1-2-18-11(15)4-3-8-5-10(14(16)17)9(6-12)13-7-8/h3-5,7H,2H2,1H3. The maximum Gasteiger partial charge on any atom is 0.330 e. The van der Waals surface area contributed by atoms with E-state index in [4.69, 9.17) is 5.26 Å². The van der Waals surface area contributed by atoms with E-state index in [1.165, 1.54) is 18.3 Å². The number of pyridine rings is 1. The van der Waals surface area contributed by atoms with E-state index in [1.807, 2.05) is 0 Å². The number of hydrogen-bond acceptors (Lipinski definition) is 6. The molecule has 18 heavy (non-hydrogen) atoms. The Hall–Kier alpha value is -2.75. The number of nitrogens with zero attached hydrogens (tertiary/aromatic N) is 3. The smallest absolute Gasteiger partial charge is 0.330 e. The average Bonchev–Trinajstić information content (AvgIpc) is 2.36. The third-order valence-corrected chi connectivity index (χ3v) is 1.89. The Morgan fingerprint density at radius 2 is 2.44 bits per heavy atom. The third-order valence-electron chi connectivity index (χ3n) is 1.89. The third kappa shape index (κ3) is 3.38. The lowest BCUT2D eigenvalue weighted by atomic mass is 10.2. The molecule has 7 nitrogen and oxygen atoms in total. The van der Waals surface area contributed by atoms with Crippen LogP contribution < -0.4 is 0 Å². The first-order valence-electron chi connectivity index (χ1n) is 4.97. The minimum absolute atomic E-state index is 0.245. The fourth-order valence-electron chi connectivity index (χ4n) is 1.14. The number of rotatable bonds is 4. The van der Waals surface area contributed by atoms with Crippen molar-refractivity contribution >= 4 is 17.7 Å². The lowest BCUT2D eigenvalue weighted by Gasteiger charge is -1.97. The molecular formula is C11H9N3O4. The molecule has 0 aliphatic carbocycles. The molecule has 0 N–H and O–H groups in total. The van der Waals surface area contributed by atoms with Gasteiger partial charge in [-0.15, -0.1) is 0 Å². The number of aromatic nitrogens is 1. The second-order valence-corrected chi connectivity index (χ2v) is 3.09. The molecule has 0 amide bonds. The van der Waals surface area contributed by atoms with Gasteiger partial charge in [-0.05, 0) is 18.6 Å². The van der Waals surface area contributed by atoms with Crippen LogP contribution >= 0.6 is 0 Å². The number of hydrogen-bond donors (Lipinski definition) is 0. The van der Waals surface area contributed by atoms with Gasteiger partial charge in [0.25, 0.3) is 0 Å². The van der Waals surface area contributed by atoms with Crippen LogP contribution in [0.1, 0.15) is 18.2 Å². The van der Waals surface area contributed by atoms with Crippen molar-refractivity contribution in [2.24, 2.45) is 0 Å². The molecule has 1 heterocycles. The van der Waals surface area contributed by atoms with Gasteiger partial charge in [0.1, 0.15) is 6.07 Å². The van der Waals surface area contributed by atoms with Gasteiger partial charge in [-0.2, -0.15) is 5.26 Å². The summed E-state index contributed by atoms with van der Waals surface area (Å²) in [4.78, 5) is 24.6. The van der Waals surface area contributed by atoms with E-state index in [2.05, 4.69) is 9.72 Å². The molecule has 0 atom stereocenters. The summed E-state index contributed by atoms with van der Waals surface area (Å²) in [7, 11) is 0. The first kappa shape index (κ1) is 13.3. The van der Waals surface area contributed by atoms with E-state index in [9.17, 15) is 14.9 Å². The minimum Gasteiger partial charge on any atom is -0.463 e. The SMILES string of the molecule is CCOC(=O)C=Cc1cnc(C#N)c([N+](=O)[O-])c1. The number of carbonyl (C=O) groups excluding carboxylic acids is 1. The van der Waals surface area contributed by atoms with Crippen LogP contribution in [0.25, 0.3) is 6.08 Å². The predicted molar refractivity (Wildman–Crippen MR) is 61.3 cm³/mol. The molecular weight excluding hydrogens is 238 g/mol. The minimum atomic E-state index is -0.701. The van der Waals surface area contributed by atoms with Crippen LogP contribution in [-0.4, -0.2) is 22.5 Å². The summed E-state index contributed by atoms with van der Waals surface area (Å²) < 4.78 is 4.65. The van der Waals surface area contributed by atoms with Gasteiger partial charge in [0.05, 0.1) is 11.5 Å². The van der Waals surface area contributed by atoms with E-state index in [1.54, 1.807) is 13.0 Å². The van der Waals surface area contributed by atoms with Crippen molar-refractivity contribution in [3.8, 4) is 6.07 Å². The number of carbonyl (C=O) groups is 1. The first-order valence-corrected chi connectivity index (χ1v) is 4.97. The Morgan fingerprint density at radius 1 is 1.72 bits per heavy atom. The summed E-state index contributed by atoms with van der Waals surface area (Å²) in [5.41, 5.74) is -0.328. The van der Waals surface area contributed by atoms with E-state index < -0.39 is 16.6 Å². The maximum absolute atomic E-state index is 11.0. The zero-order valence-electron chi connectivity index (χ0n) is 9.49. The summed E-state index contributed by atoms with van der Waals surface area (Å²) in [5.74, 6) is -0.551. The molecule has 0 aromatic carbocycles. The number of nitriles is 1.